The lowest BCUT2D eigenvalue weighted by atomic mass is 10.1. The molecule has 1 aliphatic rings. The van der Waals surface area contributed by atoms with Gasteiger partial charge in [0, 0.05) is 11.9 Å². The van der Waals surface area contributed by atoms with Gasteiger partial charge in [0.2, 0.25) is 10.0 Å². The zero-order valence-corrected chi connectivity index (χ0v) is 17.2. The van der Waals surface area contributed by atoms with Crippen LogP contribution in [0.4, 0.5) is 0 Å². The van der Waals surface area contributed by atoms with E-state index >= 15 is 0 Å². The number of pyridine rings is 1. The third kappa shape index (κ3) is 4.46. The van der Waals surface area contributed by atoms with Gasteiger partial charge in [0.25, 0.3) is 0 Å². The van der Waals surface area contributed by atoms with Crippen LogP contribution in [0, 0.1) is 13.8 Å². The fourth-order valence-electron chi connectivity index (χ4n) is 2.97. The second-order valence-corrected chi connectivity index (χ2v) is 9.85. The molecule has 1 aromatic carbocycles. The predicted molar refractivity (Wildman–Crippen MR) is 105 cm³/mol. The fraction of sp³-hybridized carbons (Fsp3) is 0.421. The minimum absolute atomic E-state index is 0.285. The number of quaternary nitrogens is 1. The van der Waals surface area contributed by atoms with Crippen LogP contribution >= 0.6 is 11.8 Å². The molecule has 26 heavy (non-hydrogen) atoms. The van der Waals surface area contributed by atoms with Gasteiger partial charge in [-0.25, -0.2) is 13.4 Å². The summed E-state index contributed by atoms with van der Waals surface area (Å²) in [7, 11) is -1.34. The Morgan fingerprint density at radius 2 is 1.88 bits per heavy atom. The Balaban J connectivity index is 1.67. The number of nitrogens with zero attached hydrogens (tertiary/aromatic N) is 2. The van der Waals surface area contributed by atoms with Crippen molar-refractivity contribution in [3.63, 3.8) is 0 Å². The Hall–Kier alpha value is -1.41. The number of sulfonamides is 1. The van der Waals surface area contributed by atoms with E-state index in [1.165, 1.54) is 27.8 Å². The van der Waals surface area contributed by atoms with Crippen molar-refractivity contribution in [2.24, 2.45) is 0 Å². The van der Waals surface area contributed by atoms with Gasteiger partial charge in [-0.15, -0.1) is 11.8 Å². The average molecular weight is 393 g/mol. The van der Waals surface area contributed by atoms with Crippen LogP contribution in [0.5, 0.6) is 0 Å². The summed E-state index contributed by atoms with van der Waals surface area (Å²) in [6, 6.07) is 9.92. The highest BCUT2D eigenvalue weighted by atomic mass is 32.2. The SMILES string of the molecule is Cc1ccc(C)c(CSc2ccc(S(=O)(=O)N3CC[NH+](C)CC3)cn2)c1. The number of rotatable bonds is 5. The molecule has 140 valence electrons. The summed E-state index contributed by atoms with van der Waals surface area (Å²) >= 11 is 1.63. The van der Waals surface area contributed by atoms with Gasteiger partial charge < -0.3 is 4.90 Å². The Bertz CT molecular complexity index is 859. The van der Waals surface area contributed by atoms with Crippen molar-refractivity contribution in [3.8, 4) is 0 Å². The van der Waals surface area contributed by atoms with Crippen molar-refractivity contribution in [3.05, 3.63) is 53.2 Å². The van der Waals surface area contributed by atoms with E-state index in [1.54, 1.807) is 22.1 Å². The topological polar surface area (TPSA) is 54.7 Å². The molecule has 0 unspecified atom stereocenters. The molecule has 3 rings (SSSR count). The predicted octanol–water partition coefficient (Wildman–Crippen LogP) is 1.51. The number of likely N-dealkylation sites (N-methyl/N-ethyl adjacent to an activating group) is 1. The largest absolute Gasteiger partial charge is 0.335 e. The molecule has 1 saturated heterocycles. The van der Waals surface area contributed by atoms with Gasteiger partial charge in [-0.3, -0.25) is 0 Å². The summed E-state index contributed by atoms with van der Waals surface area (Å²) in [5, 5.41) is 0.840. The van der Waals surface area contributed by atoms with E-state index in [0.717, 1.165) is 23.9 Å². The van der Waals surface area contributed by atoms with Gasteiger partial charge in [0.05, 0.1) is 38.3 Å². The maximum absolute atomic E-state index is 12.7. The molecule has 7 heteroatoms. The first-order valence-electron chi connectivity index (χ1n) is 8.83. The normalized spacial score (nSPS) is 16.7. The Morgan fingerprint density at radius 1 is 1.15 bits per heavy atom. The molecule has 2 aromatic rings. The van der Waals surface area contributed by atoms with Gasteiger partial charge in [-0.05, 0) is 37.1 Å². The highest BCUT2D eigenvalue weighted by Gasteiger charge is 2.29. The first kappa shape index (κ1) is 19.4. The average Bonchev–Trinajstić information content (AvgIpc) is 2.63. The standard InChI is InChI=1S/C19H25N3O2S2/c1-15-4-5-16(2)17(12-15)14-25-19-7-6-18(13-20-19)26(23,24)22-10-8-21(3)9-11-22/h4-7,12-13H,8-11,14H2,1-3H3/p+1. The number of aromatic nitrogens is 1. The minimum Gasteiger partial charge on any atom is -0.335 e. The molecule has 0 radical (unpaired) electrons. The zero-order valence-electron chi connectivity index (χ0n) is 15.5. The van der Waals surface area contributed by atoms with Crippen molar-refractivity contribution < 1.29 is 13.3 Å². The van der Waals surface area contributed by atoms with Gasteiger partial charge in [-0.2, -0.15) is 4.31 Å². The Labute approximate surface area is 160 Å². The summed E-state index contributed by atoms with van der Waals surface area (Å²) in [6.07, 6.45) is 1.49. The van der Waals surface area contributed by atoms with Crippen molar-refractivity contribution in [1.82, 2.24) is 9.29 Å². The zero-order chi connectivity index (χ0) is 18.7. The summed E-state index contributed by atoms with van der Waals surface area (Å²) in [5.74, 6) is 0.827. The number of nitrogens with one attached hydrogen (secondary N) is 1. The van der Waals surface area contributed by atoms with Crippen LogP contribution in [-0.4, -0.2) is 50.9 Å². The molecule has 1 aromatic heterocycles. The van der Waals surface area contributed by atoms with E-state index < -0.39 is 10.0 Å². The van der Waals surface area contributed by atoms with E-state index in [-0.39, 0.29) is 4.90 Å². The molecule has 0 saturated carbocycles. The maximum Gasteiger partial charge on any atom is 0.245 e. The van der Waals surface area contributed by atoms with E-state index in [9.17, 15) is 8.42 Å². The van der Waals surface area contributed by atoms with Gasteiger partial charge in [0.1, 0.15) is 4.90 Å². The summed E-state index contributed by atoms with van der Waals surface area (Å²) in [6.45, 7) is 7.02. The van der Waals surface area contributed by atoms with Crippen LogP contribution in [0.15, 0.2) is 46.5 Å². The monoisotopic (exact) mass is 392 g/mol. The molecule has 2 heterocycles. The third-order valence-corrected chi connectivity index (χ3v) is 7.68. The Morgan fingerprint density at radius 3 is 2.54 bits per heavy atom. The molecule has 1 aliphatic heterocycles. The van der Waals surface area contributed by atoms with E-state index in [1.807, 2.05) is 6.07 Å². The summed E-state index contributed by atoms with van der Waals surface area (Å²) in [4.78, 5) is 6.03. The molecule has 1 fully saturated rings. The number of aryl methyl sites for hydroxylation is 2. The summed E-state index contributed by atoms with van der Waals surface area (Å²) in [5.41, 5.74) is 3.79. The number of benzene rings is 1. The molecule has 0 bridgehead atoms. The van der Waals surface area contributed by atoms with Crippen molar-refractivity contribution >= 4 is 21.8 Å². The molecule has 0 aliphatic carbocycles. The quantitative estimate of drug-likeness (QED) is 0.784. The molecule has 5 nitrogen and oxygen atoms in total. The first-order valence-corrected chi connectivity index (χ1v) is 11.3. The van der Waals surface area contributed by atoms with Gasteiger partial charge in [-0.1, -0.05) is 23.8 Å². The van der Waals surface area contributed by atoms with Crippen molar-refractivity contribution in [1.29, 1.82) is 0 Å². The third-order valence-electron chi connectivity index (χ3n) is 4.80. The Kier molecular flexibility index (Phi) is 6.02. The van der Waals surface area contributed by atoms with Crippen LogP contribution in [0.3, 0.4) is 0 Å². The summed E-state index contributed by atoms with van der Waals surface area (Å²) < 4.78 is 27.0. The van der Waals surface area contributed by atoms with E-state index in [0.29, 0.717) is 13.1 Å². The number of thioether (sulfide) groups is 1. The molecule has 0 spiro atoms. The fourth-order valence-corrected chi connectivity index (χ4v) is 5.26. The van der Waals surface area contributed by atoms with Crippen LogP contribution in [0.2, 0.25) is 0 Å². The smallest absolute Gasteiger partial charge is 0.245 e. The molecular weight excluding hydrogens is 366 g/mol. The maximum atomic E-state index is 12.7. The van der Waals surface area contributed by atoms with Gasteiger partial charge >= 0.3 is 0 Å². The lowest BCUT2D eigenvalue weighted by molar-refractivity contribution is -0.883. The number of hydrogen-bond donors (Lipinski definition) is 1. The second kappa shape index (κ2) is 8.08. The molecule has 1 N–H and O–H groups in total. The van der Waals surface area contributed by atoms with Crippen molar-refractivity contribution in [2.45, 2.75) is 29.5 Å². The molecule has 0 amide bonds. The lowest BCUT2D eigenvalue weighted by Crippen LogP contribution is -3.12. The van der Waals surface area contributed by atoms with E-state index in [2.05, 4.69) is 44.1 Å². The lowest BCUT2D eigenvalue weighted by Gasteiger charge is -2.29. The number of piperazine rings is 1. The minimum atomic E-state index is -3.43. The van der Waals surface area contributed by atoms with Crippen LogP contribution in [0.1, 0.15) is 16.7 Å². The highest BCUT2D eigenvalue weighted by Crippen LogP contribution is 2.25. The van der Waals surface area contributed by atoms with Crippen molar-refractivity contribution in [2.75, 3.05) is 33.2 Å². The number of hydrogen-bond acceptors (Lipinski definition) is 4. The molecular formula is C19H26N3O2S2+. The van der Waals surface area contributed by atoms with Gasteiger partial charge in [0.15, 0.2) is 0 Å². The highest BCUT2D eigenvalue weighted by molar-refractivity contribution is 7.98. The first-order chi connectivity index (χ1) is 12.4. The second-order valence-electron chi connectivity index (χ2n) is 6.91. The van der Waals surface area contributed by atoms with Crippen LogP contribution in [0.25, 0.3) is 0 Å². The van der Waals surface area contributed by atoms with Crippen LogP contribution in [-0.2, 0) is 15.8 Å². The molecule has 0 atom stereocenters. The van der Waals surface area contributed by atoms with Crippen LogP contribution < -0.4 is 4.90 Å². The van der Waals surface area contributed by atoms with E-state index in [4.69, 9.17) is 0 Å².